The lowest BCUT2D eigenvalue weighted by Crippen LogP contribution is -2.41. The highest BCUT2D eigenvalue weighted by molar-refractivity contribution is 6.13. The van der Waals surface area contributed by atoms with Crippen molar-refractivity contribution in [1.82, 2.24) is 4.90 Å². The Labute approximate surface area is 96.3 Å². The summed E-state index contributed by atoms with van der Waals surface area (Å²) >= 11 is 0. The van der Waals surface area contributed by atoms with E-state index in [2.05, 4.69) is 6.92 Å². The van der Waals surface area contributed by atoms with E-state index in [0.29, 0.717) is 6.61 Å². The van der Waals surface area contributed by atoms with Gasteiger partial charge in [-0.25, -0.2) is 4.90 Å². The molecule has 90 valence electrons. The first-order valence-corrected chi connectivity index (χ1v) is 5.87. The van der Waals surface area contributed by atoms with Crippen LogP contribution in [0.2, 0.25) is 0 Å². The molecule has 0 aromatic rings. The molecule has 1 heterocycles. The van der Waals surface area contributed by atoms with E-state index in [0.717, 1.165) is 25.7 Å². The molecule has 2 amide bonds. The van der Waals surface area contributed by atoms with Gasteiger partial charge in [0.05, 0.1) is 0 Å². The first-order valence-electron chi connectivity index (χ1n) is 5.87. The second kappa shape index (κ2) is 6.43. The number of rotatable bonds is 7. The minimum absolute atomic E-state index is 0.264. The predicted octanol–water partition coefficient (Wildman–Crippen LogP) is 1.85. The van der Waals surface area contributed by atoms with Crippen LogP contribution >= 0.6 is 0 Å². The van der Waals surface area contributed by atoms with Gasteiger partial charge in [0.25, 0.3) is 11.8 Å². The van der Waals surface area contributed by atoms with E-state index < -0.39 is 6.23 Å². The third kappa shape index (κ3) is 3.17. The second-order valence-electron chi connectivity index (χ2n) is 3.79. The molecule has 4 heteroatoms. The molecule has 4 nitrogen and oxygen atoms in total. The van der Waals surface area contributed by atoms with Gasteiger partial charge in [0, 0.05) is 18.8 Å². The van der Waals surface area contributed by atoms with Crippen molar-refractivity contribution in [2.45, 2.75) is 45.8 Å². The molecule has 0 fully saturated rings. The number of unbranched alkanes of at least 4 members (excludes halogenated alkanes) is 2. The molecule has 0 N–H and O–H groups in total. The molecular weight excluding hydrogens is 206 g/mol. The van der Waals surface area contributed by atoms with E-state index in [4.69, 9.17) is 4.74 Å². The van der Waals surface area contributed by atoms with Crippen molar-refractivity contribution in [3.63, 3.8) is 0 Å². The topological polar surface area (TPSA) is 46.6 Å². The zero-order valence-corrected chi connectivity index (χ0v) is 9.94. The molecule has 1 unspecified atom stereocenters. The summed E-state index contributed by atoms with van der Waals surface area (Å²) in [6.45, 7) is 4.49. The average molecular weight is 225 g/mol. The number of amides is 2. The highest BCUT2D eigenvalue weighted by atomic mass is 16.5. The van der Waals surface area contributed by atoms with Gasteiger partial charge in [-0.2, -0.15) is 0 Å². The van der Waals surface area contributed by atoms with Crippen molar-refractivity contribution in [3.05, 3.63) is 12.2 Å². The van der Waals surface area contributed by atoms with Gasteiger partial charge in [0.1, 0.15) is 6.23 Å². The van der Waals surface area contributed by atoms with Crippen molar-refractivity contribution < 1.29 is 14.3 Å². The minimum atomic E-state index is -0.397. The number of hydrogen-bond donors (Lipinski definition) is 0. The number of imide groups is 1. The summed E-state index contributed by atoms with van der Waals surface area (Å²) < 4.78 is 5.46. The normalized spacial score (nSPS) is 17.2. The summed E-state index contributed by atoms with van der Waals surface area (Å²) in [5.74, 6) is -0.528. The maximum atomic E-state index is 11.5. The molecule has 16 heavy (non-hydrogen) atoms. The quantitative estimate of drug-likeness (QED) is 0.490. The smallest absolute Gasteiger partial charge is 0.255 e. The third-order valence-electron chi connectivity index (χ3n) is 2.55. The monoisotopic (exact) mass is 225 g/mol. The van der Waals surface area contributed by atoms with Gasteiger partial charge in [-0.05, 0) is 19.8 Å². The zero-order valence-electron chi connectivity index (χ0n) is 9.94. The van der Waals surface area contributed by atoms with Crippen molar-refractivity contribution in [3.8, 4) is 0 Å². The van der Waals surface area contributed by atoms with Crippen LogP contribution in [0.5, 0.6) is 0 Å². The molecule has 0 radical (unpaired) electrons. The van der Waals surface area contributed by atoms with Gasteiger partial charge in [-0.15, -0.1) is 0 Å². The van der Waals surface area contributed by atoms with Crippen molar-refractivity contribution in [1.29, 1.82) is 0 Å². The molecule has 1 aliphatic heterocycles. The predicted molar refractivity (Wildman–Crippen MR) is 60.5 cm³/mol. The van der Waals surface area contributed by atoms with Crippen LogP contribution in [0.3, 0.4) is 0 Å². The summed E-state index contributed by atoms with van der Waals surface area (Å²) in [4.78, 5) is 24.2. The van der Waals surface area contributed by atoms with E-state index in [1.54, 1.807) is 0 Å². The fourth-order valence-corrected chi connectivity index (χ4v) is 1.74. The highest BCUT2D eigenvalue weighted by Crippen LogP contribution is 2.16. The van der Waals surface area contributed by atoms with Crippen LogP contribution in [0.15, 0.2) is 12.2 Å². The van der Waals surface area contributed by atoms with Crippen molar-refractivity contribution in [2.75, 3.05) is 6.61 Å². The standard InChI is InChI=1S/C12H19NO3/c1-3-5-6-7-12(16-4-2)13-10(14)8-9-11(13)15/h8-9,12H,3-7H2,1-2H3. The maximum absolute atomic E-state index is 11.5. The van der Waals surface area contributed by atoms with Crippen LogP contribution in [0.1, 0.15) is 39.5 Å². The molecule has 0 saturated carbocycles. The average Bonchev–Trinajstić information content (AvgIpc) is 2.58. The molecule has 0 spiro atoms. The van der Waals surface area contributed by atoms with E-state index >= 15 is 0 Å². The van der Waals surface area contributed by atoms with E-state index in [9.17, 15) is 9.59 Å². The van der Waals surface area contributed by atoms with E-state index in [-0.39, 0.29) is 11.8 Å². The van der Waals surface area contributed by atoms with Crippen LogP contribution in [0.4, 0.5) is 0 Å². The maximum Gasteiger partial charge on any atom is 0.255 e. The second-order valence-corrected chi connectivity index (χ2v) is 3.79. The Balaban J connectivity index is 2.55. The van der Waals surface area contributed by atoms with Crippen molar-refractivity contribution >= 4 is 11.8 Å². The molecule has 1 aliphatic rings. The Morgan fingerprint density at radius 1 is 1.19 bits per heavy atom. The van der Waals surface area contributed by atoms with Crippen LogP contribution in [-0.4, -0.2) is 29.5 Å². The van der Waals surface area contributed by atoms with Crippen molar-refractivity contribution in [2.24, 2.45) is 0 Å². The van der Waals surface area contributed by atoms with Crippen LogP contribution in [-0.2, 0) is 14.3 Å². The molecule has 0 bridgehead atoms. The summed E-state index contributed by atoms with van der Waals surface area (Å²) in [7, 11) is 0. The molecule has 1 atom stereocenters. The zero-order chi connectivity index (χ0) is 12.0. The number of carbonyl (C=O) groups is 2. The number of hydrogen-bond acceptors (Lipinski definition) is 3. The third-order valence-corrected chi connectivity index (χ3v) is 2.55. The lowest BCUT2D eigenvalue weighted by atomic mass is 10.2. The van der Waals surface area contributed by atoms with Gasteiger partial charge < -0.3 is 4.74 Å². The summed E-state index contributed by atoms with van der Waals surface area (Å²) in [6.07, 6.45) is 6.10. The Hall–Kier alpha value is -1.16. The molecule has 0 aromatic carbocycles. The summed E-state index contributed by atoms with van der Waals surface area (Å²) in [5, 5.41) is 0. The molecular formula is C12H19NO3. The molecule has 0 aromatic heterocycles. The van der Waals surface area contributed by atoms with Crippen LogP contribution < -0.4 is 0 Å². The minimum Gasteiger partial charge on any atom is -0.358 e. The number of carbonyl (C=O) groups excluding carboxylic acids is 2. The summed E-state index contributed by atoms with van der Waals surface area (Å²) in [6, 6.07) is 0. The van der Waals surface area contributed by atoms with E-state index in [1.807, 2.05) is 6.92 Å². The largest absolute Gasteiger partial charge is 0.358 e. The number of ether oxygens (including phenoxy) is 1. The lowest BCUT2D eigenvalue weighted by molar-refractivity contribution is -0.152. The highest BCUT2D eigenvalue weighted by Gasteiger charge is 2.30. The lowest BCUT2D eigenvalue weighted by Gasteiger charge is -2.25. The molecule has 0 aliphatic carbocycles. The van der Waals surface area contributed by atoms with Crippen LogP contribution in [0.25, 0.3) is 0 Å². The van der Waals surface area contributed by atoms with Gasteiger partial charge >= 0.3 is 0 Å². The fourth-order valence-electron chi connectivity index (χ4n) is 1.74. The molecule has 0 saturated heterocycles. The Morgan fingerprint density at radius 2 is 1.81 bits per heavy atom. The summed E-state index contributed by atoms with van der Waals surface area (Å²) in [5.41, 5.74) is 0. The fraction of sp³-hybridized carbons (Fsp3) is 0.667. The Kier molecular flexibility index (Phi) is 5.19. The van der Waals surface area contributed by atoms with Gasteiger partial charge in [-0.3, -0.25) is 9.59 Å². The van der Waals surface area contributed by atoms with Gasteiger partial charge in [0.15, 0.2) is 0 Å². The first-order chi connectivity index (χ1) is 7.70. The number of nitrogens with zero attached hydrogens (tertiary/aromatic N) is 1. The first kappa shape index (κ1) is 12.9. The van der Waals surface area contributed by atoms with Crippen LogP contribution in [0, 0.1) is 0 Å². The van der Waals surface area contributed by atoms with E-state index in [1.165, 1.54) is 17.1 Å². The Bertz CT molecular complexity index is 268. The SMILES string of the molecule is CCCCCC(OCC)N1C(=O)C=CC1=O. The Morgan fingerprint density at radius 3 is 2.31 bits per heavy atom. The van der Waals surface area contributed by atoms with Gasteiger partial charge in [-0.1, -0.05) is 19.8 Å². The molecule has 1 rings (SSSR count). The van der Waals surface area contributed by atoms with Gasteiger partial charge in [0.2, 0.25) is 0 Å².